The normalized spacial score (nSPS) is 15.0. The van der Waals surface area contributed by atoms with Crippen LogP contribution >= 0.6 is 11.8 Å². The highest BCUT2D eigenvalue weighted by molar-refractivity contribution is 7.99. The highest BCUT2D eigenvalue weighted by Gasteiger charge is 2.27. The molecule has 0 unspecified atom stereocenters. The maximum atomic E-state index is 5.81. The summed E-state index contributed by atoms with van der Waals surface area (Å²) in [7, 11) is 1.93. The Morgan fingerprint density at radius 1 is 1.33 bits per heavy atom. The second-order valence-electron chi connectivity index (χ2n) is 4.45. The zero-order valence-corrected chi connectivity index (χ0v) is 11.1. The Balaban J connectivity index is 1.90. The molecule has 0 spiro atoms. The van der Waals surface area contributed by atoms with Crippen LogP contribution in [0, 0.1) is 6.92 Å². The molecular formula is C11H14N6S. The highest BCUT2D eigenvalue weighted by atomic mass is 32.2. The first kappa shape index (κ1) is 11.5. The van der Waals surface area contributed by atoms with E-state index in [4.69, 9.17) is 5.73 Å². The number of anilines is 1. The number of rotatable bonds is 3. The lowest BCUT2D eigenvalue weighted by atomic mass is 10.4. The summed E-state index contributed by atoms with van der Waals surface area (Å²) in [4.78, 5) is 8.81. The van der Waals surface area contributed by atoms with Crippen molar-refractivity contribution in [2.45, 2.75) is 35.9 Å². The molecule has 0 bridgehead atoms. The van der Waals surface area contributed by atoms with Crippen LogP contribution in [0.15, 0.2) is 16.2 Å². The van der Waals surface area contributed by atoms with Crippen molar-refractivity contribution in [1.29, 1.82) is 0 Å². The summed E-state index contributed by atoms with van der Waals surface area (Å²) in [5, 5.41) is 9.77. The third kappa shape index (κ3) is 2.17. The lowest BCUT2D eigenvalue weighted by Gasteiger charge is -2.04. The summed E-state index contributed by atoms with van der Waals surface area (Å²) in [6.45, 7) is 1.92. The van der Waals surface area contributed by atoms with Gasteiger partial charge in [-0.25, -0.2) is 9.97 Å². The molecule has 2 N–H and O–H groups in total. The fourth-order valence-corrected chi connectivity index (χ4v) is 2.46. The van der Waals surface area contributed by atoms with Crippen molar-refractivity contribution in [2.24, 2.45) is 7.05 Å². The molecule has 2 aromatic heterocycles. The summed E-state index contributed by atoms with van der Waals surface area (Å²) in [5.41, 5.74) is 5.81. The topological polar surface area (TPSA) is 82.5 Å². The number of aryl methyl sites for hydroxylation is 1. The largest absolute Gasteiger partial charge is 0.384 e. The maximum absolute atomic E-state index is 5.81. The lowest BCUT2D eigenvalue weighted by molar-refractivity contribution is 0.763. The Bertz CT molecular complexity index is 589. The fourth-order valence-electron chi connectivity index (χ4n) is 1.61. The molecule has 1 saturated carbocycles. The van der Waals surface area contributed by atoms with Gasteiger partial charge in [0.05, 0.1) is 0 Å². The zero-order valence-electron chi connectivity index (χ0n) is 10.3. The molecule has 2 heterocycles. The number of nitrogen functional groups attached to an aromatic ring is 1. The number of aromatic nitrogens is 5. The van der Waals surface area contributed by atoms with E-state index in [9.17, 15) is 0 Å². The Kier molecular flexibility index (Phi) is 2.70. The Labute approximate surface area is 109 Å². The SMILES string of the molecule is Cc1nnc(Sc2cc(N)nc(C3CC3)n2)n1C. The number of hydrogen-bond donors (Lipinski definition) is 1. The standard InChI is InChI=1S/C11H14N6S/c1-6-15-16-11(17(6)2)18-9-5-8(12)13-10(14-9)7-3-4-7/h5,7H,3-4H2,1-2H3,(H2,12,13,14). The molecule has 3 rings (SSSR count). The van der Waals surface area contributed by atoms with E-state index in [1.54, 1.807) is 6.07 Å². The third-order valence-electron chi connectivity index (χ3n) is 2.93. The molecule has 0 radical (unpaired) electrons. The van der Waals surface area contributed by atoms with Gasteiger partial charge in [-0.05, 0) is 31.5 Å². The van der Waals surface area contributed by atoms with Crippen molar-refractivity contribution in [2.75, 3.05) is 5.73 Å². The number of hydrogen-bond acceptors (Lipinski definition) is 6. The minimum Gasteiger partial charge on any atom is -0.384 e. The van der Waals surface area contributed by atoms with Crippen molar-refractivity contribution in [3.63, 3.8) is 0 Å². The summed E-state index contributed by atoms with van der Waals surface area (Å²) in [6.07, 6.45) is 2.33. The summed E-state index contributed by atoms with van der Waals surface area (Å²) >= 11 is 1.47. The second kappa shape index (κ2) is 4.24. The van der Waals surface area contributed by atoms with E-state index in [0.29, 0.717) is 11.7 Å². The van der Waals surface area contributed by atoms with Crippen molar-refractivity contribution < 1.29 is 0 Å². The predicted octanol–water partition coefficient (Wildman–Crippen LogP) is 1.52. The molecule has 18 heavy (non-hydrogen) atoms. The predicted molar refractivity (Wildman–Crippen MR) is 68.3 cm³/mol. The van der Waals surface area contributed by atoms with Crippen LogP contribution in [0.4, 0.5) is 5.82 Å². The number of nitrogens with two attached hydrogens (primary N) is 1. The molecule has 1 aliphatic carbocycles. The molecule has 0 atom stereocenters. The summed E-state index contributed by atoms with van der Waals surface area (Å²) in [6, 6.07) is 1.78. The smallest absolute Gasteiger partial charge is 0.197 e. The van der Waals surface area contributed by atoms with Gasteiger partial charge in [-0.1, -0.05) is 0 Å². The summed E-state index contributed by atoms with van der Waals surface area (Å²) in [5.74, 6) is 2.75. The minimum atomic E-state index is 0.495. The van der Waals surface area contributed by atoms with Crippen molar-refractivity contribution >= 4 is 17.6 Å². The maximum Gasteiger partial charge on any atom is 0.197 e. The highest BCUT2D eigenvalue weighted by Crippen LogP contribution is 2.39. The van der Waals surface area contributed by atoms with Gasteiger partial charge < -0.3 is 10.3 Å². The Morgan fingerprint density at radius 3 is 2.72 bits per heavy atom. The van der Waals surface area contributed by atoms with Gasteiger partial charge in [-0.15, -0.1) is 10.2 Å². The summed E-state index contributed by atoms with van der Waals surface area (Å²) < 4.78 is 1.93. The van der Waals surface area contributed by atoms with Gasteiger partial charge in [0.15, 0.2) is 5.16 Å². The number of nitrogens with zero attached hydrogens (tertiary/aromatic N) is 5. The molecule has 7 heteroatoms. The van der Waals surface area contributed by atoms with E-state index in [1.807, 2.05) is 18.5 Å². The Morgan fingerprint density at radius 2 is 2.11 bits per heavy atom. The Hall–Kier alpha value is -1.63. The van der Waals surface area contributed by atoms with Crippen LogP contribution in [-0.4, -0.2) is 24.7 Å². The average molecular weight is 262 g/mol. The van der Waals surface area contributed by atoms with Crippen molar-refractivity contribution in [3.8, 4) is 0 Å². The van der Waals surface area contributed by atoms with Gasteiger partial charge in [-0.3, -0.25) is 0 Å². The monoisotopic (exact) mass is 262 g/mol. The third-order valence-corrected chi connectivity index (χ3v) is 3.89. The molecule has 1 fully saturated rings. The van der Waals surface area contributed by atoms with Crippen LogP contribution < -0.4 is 5.73 Å². The van der Waals surface area contributed by atoms with Gasteiger partial charge in [0, 0.05) is 19.0 Å². The van der Waals surface area contributed by atoms with E-state index in [2.05, 4.69) is 20.2 Å². The molecule has 0 aliphatic heterocycles. The molecule has 0 saturated heterocycles. The van der Waals surface area contributed by atoms with Crippen LogP contribution in [-0.2, 0) is 7.05 Å². The van der Waals surface area contributed by atoms with Gasteiger partial charge in [0.1, 0.15) is 22.5 Å². The molecule has 0 aromatic carbocycles. The van der Waals surface area contributed by atoms with Crippen LogP contribution in [0.2, 0.25) is 0 Å². The fraction of sp³-hybridized carbons (Fsp3) is 0.455. The van der Waals surface area contributed by atoms with Gasteiger partial charge in [-0.2, -0.15) is 0 Å². The first-order chi connectivity index (χ1) is 8.63. The van der Waals surface area contributed by atoms with Crippen LogP contribution in [0.1, 0.15) is 30.4 Å². The van der Waals surface area contributed by atoms with E-state index >= 15 is 0 Å². The van der Waals surface area contributed by atoms with Crippen molar-refractivity contribution in [1.82, 2.24) is 24.7 Å². The molecular weight excluding hydrogens is 248 g/mol. The molecule has 1 aliphatic rings. The van der Waals surface area contributed by atoms with Crippen LogP contribution in [0.3, 0.4) is 0 Å². The van der Waals surface area contributed by atoms with E-state index < -0.39 is 0 Å². The zero-order chi connectivity index (χ0) is 12.7. The van der Waals surface area contributed by atoms with Gasteiger partial charge >= 0.3 is 0 Å². The van der Waals surface area contributed by atoms with Crippen LogP contribution in [0.5, 0.6) is 0 Å². The van der Waals surface area contributed by atoms with Gasteiger partial charge in [0.2, 0.25) is 0 Å². The second-order valence-corrected chi connectivity index (χ2v) is 5.44. The van der Waals surface area contributed by atoms with Gasteiger partial charge in [0.25, 0.3) is 0 Å². The van der Waals surface area contributed by atoms with Crippen molar-refractivity contribution in [3.05, 3.63) is 17.7 Å². The first-order valence-corrected chi connectivity index (χ1v) is 6.63. The quantitative estimate of drug-likeness (QED) is 0.844. The first-order valence-electron chi connectivity index (χ1n) is 5.82. The molecule has 6 nitrogen and oxygen atoms in total. The van der Waals surface area contributed by atoms with Crippen LogP contribution in [0.25, 0.3) is 0 Å². The van der Waals surface area contributed by atoms with E-state index in [-0.39, 0.29) is 0 Å². The van der Waals surface area contributed by atoms with E-state index in [1.165, 1.54) is 11.8 Å². The molecule has 94 valence electrons. The minimum absolute atomic E-state index is 0.495. The molecule has 2 aromatic rings. The molecule has 0 amide bonds. The average Bonchev–Trinajstić information content (AvgIpc) is 3.12. The lowest BCUT2D eigenvalue weighted by Crippen LogP contribution is -2.00. The van der Waals surface area contributed by atoms with E-state index in [0.717, 1.165) is 34.7 Å².